The summed E-state index contributed by atoms with van der Waals surface area (Å²) in [4.78, 5) is 22.4. The molecule has 4 nitrogen and oxygen atoms in total. The average Bonchev–Trinajstić information content (AvgIpc) is 2.41. The molecule has 72 valence electrons. The lowest BCUT2D eigenvalue weighted by Gasteiger charge is -2.03. The third-order valence-electron chi connectivity index (χ3n) is 2.08. The standard InChI is InChI=1S/C10H8O4/c1-5-3-6-8(7(4-5)13-2)10(12)14-9(6)11/h3-4H,1-2H3. The first-order valence-electron chi connectivity index (χ1n) is 4.08. The molecule has 0 unspecified atom stereocenters. The number of benzene rings is 1. The molecule has 2 rings (SSSR count). The van der Waals surface area contributed by atoms with Crippen molar-refractivity contribution < 1.29 is 19.1 Å². The van der Waals surface area contributed by atoms with Gasteiger partial charge in [0, 0.05) is 0 Å². The monoisotopic (exact) mass is 192 g/mol. The minimum absolute atomic E-state index is 0.225. The van der Waals surface area contributed by atoms with Crippen LogP contribution in [0.2, 0.25) is 0 Å². The predicted molar refractivity (Wildman–Crippen MR) is 47.5 cm³/mol. The van der Waals surface area contributed by atoms with Crippen LogP contribution in [0.4, 0.5) is 0 Å². The van der Waals surface area contributed by atoms with Crippen molar-refractivity contribution >= 4 is 11.9 Å². The highest BCUT2D eigenvalue weighted by Gasteiger charge is 2.33. The largest absolute Gasteiger partial charge is 0.496 e. The summed E-state index contributed by atoms with van der Waals surface area (Å²) in [7, 11) is 1.45. The van der Waals surface area contributed by atoms with Crippen LogP contribution < -0.4 is 4.74 Å². The van der Waals surface area contributed by atoms with Crippen molar-refractivity contribution in [2.75, 3.05) is 7.11 Å². The summed E-state index contributed by atoms with van der Waals surface area (Å²) in [5, 5.41) is 0. The Morgan fingerprint density at radius 3 is 2.57 bits per heavy atom. The van der Waals surface area contributed by atoms with E-state index in [0.29, 0.717) is 5.75 Å². The van der Waals surface area contributed by atoms with Crippen molar-refractivity contribution in [2.45, 2.75) is 6.92 Å². The van der Waals surface area contributed by atoms with E-state index in [1.54, 1.807) is 12.1 Å². The molecule has 1 aromatic carbocycles. The van der Waals surface area contributed by atoms with Crippen molar-refractivity contribution in [1.29, 1.82) is 0 Å². The lowest BCUT2D eigenvalue weighted by molar-refractivity contribution is 0.0443. The van der Waals surface area contributed by atoms with Gasteiger partial charge >= 0.3 is 11.9 Å². The summed E-state index contributed by atoms with van der Waals surface area (Å²) >= 11 is 0. The van der Waals surface area contributed by atoms with E-state index in [0.717, 1.165) is 5.56 Å². The molecular formula is C10H8O4. The lowest BCUT2D eigenvalue weighted by Crippen LogP contribution is -1.98. The summed E-state index contributed by atoms with van der Waals surface area (Å²) in [5.74, 6) is -0.857. The van der Waals surface area contributed by atoms with Crippen LogP contribution >= 0.6 is 0 Å². The van der Waals surface area contributed by atoms with E-state index in [4.69, 9.17) is 4.74 Å². The third-order valence-corrected chi connectivity index (χ3v) is 2.08. The molecule has 1 aliphatic heterocycles. The van der Waals surface area contributed by atoms with Gasteiger partial charge in [-0.2, -0.15) is 0 Å². The first-order chi connectivity index (χ1) is 6.63. The second-order valence-corrected chi connectivity index (χ2v) is 3.07. The zero-order valence-corrected chi connectivity index (χ0v) is 7.79. The first-order valence-corrected chi connectivity index (χ1v) is 4.08. The number of carbonyl (C=O) groups excluding carboxylic acids is 2. The number of rotatable bonds is 1. The van der Waals surface area contributed by atoms with Crippen LogP contribution in [0.25, 0.3) is 0 Å². The molecule has 14 heavy (non-hydrogen) atoms. The summed E-state index contributed by atoms with van der Waals surface area (Å²) in [6.07, 6.45) is 0. The molecule has 0 fully saturated rings. The van der Waals surface area contributed by atoms with Crippen molar-refractivity contribution in [3.05, 3.63) is 28.8 Å². The highest BCUT2D eigenvalue weighted by molar-refractivity contribution is 6.16. The van der Waals surface area contributed by atoms with Gasteiger partial charge in [-0.3, -0.25) is 0 Å². The Kier molecular flexibility index (Phi) is 1.77. The zero-order chi connectivity index (χ0) is 10.3. The molecule has 0 atom stereocenters. The fraction of sp³-hybridized carbons (Fsp3) is 0.200. The highest BCUT2D eigenvalue weighted by Crippen LogP contribution is 2.30. The predicted octanol–water partition coefficient (Wildman–Crippen LogP) is 1.31. The Bertz CT molecular complexity index is 434. The second-order valence-electron chi connectivity index (χ2n) is 3.07. The summed E-state index contributed by atoms with van der Waals surface area (Å²) < 4.78 is 9.47. The van der Waals surface area contributed by atoms with Crippen LogP contribution in [0.15, 0.2) is 12.1 Å². The molecule has 0 saturated heterocycles. The quantitative estimate of drug-likeness (QED) is 0.497. The fourth-order valence-electron chi connectivity index (χ4n) is 1.48. The van der Waals surface area contributed by atoms with E-state index in [9.17, 15) is 9.59 Å². The van der Waals surface area contributed by atoms with Crippen molar-refractivity contribution in [3.8, 4) is 5.75 Å². The van der Waals surface area contributed by atoms with Crippen molar-refractivity contribution in [1.82, 2.24) is 0 Å². The van der Waals surface area contributed by atoms with Crippen molar-refractivity contribution in [3.63, 3.8) is 0 Å². The maximum Gasteiger partial charge on any atom is 0.350 e. The molecule has 0 bridgehead atoms. The smallest absolute Gasteiger partial charge is 0.350 e. The van der Waals surface area contributed by atoms with Gasteiger partial charge in [-0.1, -0.05) is 0 Å². The topological polar surface area (TPSA) is 52.6 Å². The number of methoxy groups -OCH3 is 1. The van der Waals surface area contributed by atoms with Crippen LogP contribution in [0.3, 0.4) is 0 Å². The van der Waals surface area contributed by atoms with Gasteiger partial charge in [0.05, 0.1) is 12.7 Å². The van der Waals surface area contributed by atoms with Gasteiger partial charge in [-0.05, 0) is 24.6 Å². The molecular weight excluding hydrogens is 184 g/mol. The van der Waals surface area contributed by atoms with E-state index < -0.39 is 11.9 Å². The van der Waals surface area contributed by atoms with Gasteiger partial charge in [0.1, 0.15) is 11.3 Å². The molecule has 0 radical (unpaired) electrons. The van der Waals surface area contributed by atoms with E-state index in [1.807, 2.05) is 6.92 Å². The zero-order valence-electron chi connectivity index (χ0n) is 7.79. The molecule has 0 N–H and O–H groups in total. The van der Waals surface area contributed by atoms with Crippen LogP contribution in [-0.4, -0.2) is 19.0 Å². The van der Waals surface area contributed by atoms with Gasteiger partial charge in [0.25, 0.3) is 0 Å². The van der Waals surface area contributed by atoms with Gasteiger partial charge in [-0.15, -0.1) is 0 Å². The number of esters is 2. The van der Waals surface area contributed by atoms with Gasteiger partial charge in [0.2, 0.25) is 0 Å². The highest BCUT2D eigenvalue weighted by atomic mass is 16.6. The Morgan fingerprint density at radius 1 is 1.21 bits per heavy atom. The van der Waals surface area contributed by atoms with E-state index >= 15 is 0 Å². The van der Waals surface area contributed by atoms with Gasteiger partial charge in [0.15, 0.2) is 0 Å². The molecule has 1 aromatic rings. The van der Waals surface area contributed by atoms with Crippen LogP contribution in [-0.2, 0) is 4.74 Å². The van der Waals surface area contributed by atoms with E-state index in [1.165, 1.54) is 7.11 Å². The number of hydrogen-bond donors (Lipinski definition) is 0. The maximum absolute atomic E-state index is 11.2. The van der Waals surface area contributed by atoms with E-state index in [-0.39, 0.29) is 11.1 Å². The minimum Gasteiger partial charge on any atom is -0.496 e. The molecule has 0 saturated carbocycles. The Morgan fingerprint density at radius 2 is 1.93 bits per heavy atom. The number of hydrogen-bond acceptors (Lipinski definition) is 4. The van der Waals surface area contributed by atoms with E-state index in [2.05, 4.69) is 4.74 Å². The number of cyclic esters (lactones) is 2. The molecule has 1 aliphatic rings. The SMILES string of the molecule is COc1cc(C)cc2c1C(=O)OC2=O. The summed E-state index contributed by atoms with van der Waals surface area (Å²) in [6.45, 7) is 1.82. The number of fused-ring (bicyclic) bond motifs is 1. The third kappa shape index (κ3) is 1.08. The molecule has 0 spiro atoms. The van der Waals surface area contributed by atoms with Crippen LogP contribution in [0, 0.1) is 6.92 Å². The van der Waals surface area contributed by atoms with Gasteiger partial charge < -0.3 is 9.47 Å². The molecule has 1 heterocycles. The Labute approximate surface area is 80.4 Å². The maximum atomic E-state index is 11.2. The van der Waals surface area contributed by atoms with Gasteiger partial charge in [-0.25, -0.2) is 9.59 Å². The minimum atomic E-state index is -0.637. The first kappa shape index (κ1) is 8.74. The van der Waals surface area contributed by atoms with Crippen LogP contribution in [0.1, 0.15) is 26.3 Å². The summed E-state index contributed by atoms with van der Waals surface area (Å²) in [6, 6.07) is 3.31. The number of ether oxygens (including phenoxy) is 2. The Hall–Kier alpha value is -1.84. The summed E-state index contributed by atoms with van der Waals surface area (Å²) in [5.41, 5.74) is 1.36. The fourth-order valence-corrected chi connectivity index (χ4v) is 1.48. The normalized spacial score (nSPS) is 13.9. The van der Waals surface area contributed by atoms with Crippen LogP contribution in [0.5, 0.6) is 5.75 Å². The number of carbonyl (C=O) groups is 2. The molecule has 0 aromatic heterocycles. The lowest BCUT2D eigenvalue weighted by atomic mass is 10.1. The molecule has 0 aliphatic carbocycles. The molecule has 0 amide bonds. The molecule has 4 heteroatoms. The van der Waals surface area contributed by atoms with Crippen molar-refractivity contribution in [2.24, 2.45) is 0 Å². The second kappa shape index (κ2) is 2.83. The average molecular weight is 192 g/mol. The Balaban J connectivity index is 2.73. The number of aryl methyl sites for hydroxylation is 1.